The molecule has 1 N–H and O–H groups in total. The van der Waals surface area contributed by atoms with Crippen molar-refractivity contribution in [3.63, 3.8) is 0 Å². The van der Waals surface area contributed by atoms with Gasteiger partial charge in [-0.25, -0.2) is 0 Å². The highest BCUT2D eigenvalue weighted by Crippen LogP contribution is 2.34. The average molecular weight is 450 g/mol. The van der Waals surface area contributed by atoms with Crippen LogP contribution in [0.1, 0.15) is 6.92 Å². The Kier molecular flexibility index (Phi) is 5.80. The third-order valence-electron chi connectivity index (χ3n) is 4.56. The molecule has 0 saturated carbocycles. The smallest absolute Gasteiger partial charge is 0.298 e. The van der Waals surface area contributed by atoms with Crippen molar-refractivity contribution in [1.82, 2.24) is 0 Å². The summed E-state index contributed by atoms with van der Waals surface area (Å²) in [5, 5.41) is 13.4. The number of rotatable bonds is 6. The number of carbonyl (C=O) groups excluding carboxylic acids is 1. The summed E-state index contributed by atoms with van der Waals surface area (Å²) in [6.45, 7) is 1.63. The lowest BCUT2D eigenvalue weighted by Gasteiger charge is -2.15. The second-order valence-corrected chi connectivity index (χ2v) is 8.26. The van der Waals surface area contributed by atoms with Crippen LogP contribution in [0, 0.1) is 0 Å². The molecular weight excluding hydrogens is 432 g/mol. The van der Waals surface area contributed by atoms with Gasteiger partial charge in [0.1, 0.15) is 16.4 Å². The Morgan fingerprint density at radius 2 is 1.66 bits per heavy atom. The van der Waals surface area contributed by atoms with E-state index in [2.05, 4.69) is 15.3 Å². The summed E-state index contributed by atoms with van der Waals surface area (Å²) in [5.41, 5.74) is 1.12. The van der Waals surface area contributed by atoms with Crippen LogP contribution in [0.25, 0.3) is 0 Å². The predicted octanol–water partition coefficient (Wildman–Crippen LogP) is 4.60. The second-order valence-electron chi connectivity index (χ2n) is 6.87. The Hall–Kier alpha value is -3.89. The van der Waals surface area contributed by atoms with Gasteiger partial charge < -0.3 is 4.74 Å². The van der Waals surface area contributed by atoms with E-state index < -0.39 is 27.0 Å². The van der Waals surface area contributed by atoms with Crippen LogP contribution in [0.3, 0.4) is 0 Å². The fourth-order valence-corrected chi connectivity index (χ4v) is 3.66. The van der Waals surface area contributed by atoms with E-state index in [0.717, 1.165) is 11.1 Å². The summed E-state index contributed by atoms with van der Waals surface area (Å²) in [6.07, 6.45) is 0. The first kappa shape index (κ1) is 21.3. The zero-order valence-electron chi connectivity index (χ0n) is 16.9. The minimum Gasteiger partial charge on any atom is -0.456 e. The first-order valence-corrected chi connectivity index (χ1v) is 11.0. The molecule has 10 heteroatoms. The van der Waals surface area contributed by atoms with Crippen LogP contribution in [0.4, 0.5) is 11.4 Å². The Balaban J connectivity index is 1.63. The monoisotopic (exact) mass is 450 g/mol. The van der Waals surface area contributed by atoms with Gasteiger partial charge >= 0.3 is 0 Å². The van der Waals surface area contributed by atoms with Crippen LogP contribution in [0.2, 0.25) is 0 Å². The van der Waals surface area contributed by atoms with Gasteiger partial charge in [0.2, 0.25) is 0 Å². The van der Waals surface area contributed by atoms with Gasteiger partial charge in [0, 0.05) is 0 Å². The van der Waals surface area contributed by atoms with Crippen LogP contribution in [0.15, 0.2) is 99.1 Å². The fraction of sp³-hybridized carbons (Fsp3) is 0.0909. The van der Waals surface area contributed by atoms with Gasteiger partial charge in [0.25, 0.3) is 16.0 Å². The molecule has 0 saturated heterocycles. The quantitative estimate of drug-likeness (QED) is 0.434. The molecule has 3 aromatic carbocycles. The van der Waals surface area contributed by atoms with E-state index >= 15 is 0 Å². The summed E-state index contributed by atoms with van der Waals surface area (Å²) < 4.78 is 39.3. The topological polar surface area (TPSA) is 121 Å². The van der Waals surface area contributed by atoms with Crippen LogP contribution < -0.4 is 9.75 Å². The first-order chi connectivity index (χ1) is 15.3. The molecular formula is C22H18N4O5S. The van der Waals surface area contributed by atoms with Crippen LogP contribution in [-0.2, 0) is 14.9 Å². The van der Waals surface area contributed by atoms with Gasteiger partial charge in [-0.2, -0.15) is 28.8 Å². The minimum atomic E-state index is -4.65. The van der Waals surface area contributed by atoms with Crippen molar-refractivity contribution in [3.8, 4) is 11.5 Å². The maximum atomic E-state index is 12.9. The lowest BCUT2D eigenvalue weighted by atomic mass is 10.2. The number of anilines is 1. The predicted molar refractivity (Wildman–Crippen MR) is 118 cm³/mol. The number of ether oxygens (including phenoxy) is 1. The van der Waals surface area contributed by atoms with Crippen molar-refractivity contribution in [1.29, 1.82) is 0 Å². The number of hydrazone groups is 1. The van der Waals surface area contributed by atoms with Crippen LogP contribution in [-0.4, -0.2) is 30.6 Å². The van der Waals surface area contributed by atoms with Gasteiger partial charge in [-0.1, -0.05) is 36.4 Å². The third kappa shape index (κ3) is 4.56. The molecule has 0 aromatic heterocycles. The molecule has 1 aliphatic rings. The summed E-state index contributed by atoms with van der Waals surface area (Å²) >= 11 is 0. The normalized spacial score (nSPS) is 16.4. The van der Waals surface area contributed by atoms with Crippen LogP contribution in [0.5, 0.6) is 11.5 Å². The molecule has 0 radical (unpaired) electrons. The van der Waals surface area contributed by atoms with Gasteiger partial charge in [0.05, 0.1) is 17.1 Å². The maximum absolute atomic E-state index is 12.9. The number of benzene rings is 3. The Bertz CT molecular complexity index is 1310. The lowest BCUT2D eigenvalue weighted by molar-refractivity contribution is -0.117. The van der Waals surface area contributed by atoms with E-state index in [9.17, 15) is 17.8 Å². The van der Waals surface area contributed by atoms with Crippen molar-refractivity contribution in [3.05, 3.63) is 78.9 Å². The number of hydrogen-bond donors (Lipinski definition) is 1. The zero-order chi connectivity index (χ0) is 22.7. The van der Waals surface area contributed by atoms with Crippen molar-refractivity contribution in [2.75, 3.05) is 5.01 Å². The molecule has 1 unspecified atom stereocenters. The first-order valence-electron chi connectivity index (χ1n) is 9.52. The molecule has 0 aliphatic carbocycles. The molecule has 0 bridgehead atoms. The standard InChI is InChI=1S/C22H18N4O5S/c1-15-21(24-23-16-8-4-2-5-9-16)22(27)26(25-15)17-12-13-19(20(14-17)32(28,29)30)31-18-10-6-3-7-11-18/h2-14,21H,1H3,(H,28,29,30). The Labute approximate surface area is 184 Å². The fourth-order valence-electron chi connectivity index (χ4n) is 3.02. The SMILES string of the molecule is CC1=NN(c2ccc(Oc3ccccc3)c(S(=O)(=O)O)c2)C(=O)C1N=Nc1ccccc1. The summed E-state index contributed by atoms with van der Waals surface area (Å²) in [7, 11) is -4.65. The molecule has 1 atom stereocenters. The maximum Gasteiger partial charge on any atom is 0.298 e. The number of carbonyl (C=O) groups is 1. The number of azo groups is 1. The van der Waals surface area contributed by atoms with Crippen molar-refractivity contribution >= 4 is 33.1 Å². The Morgan fingerprint density at radius 1 is 1.00 bits per heavy atom. The van der Waals surface area contributed by atoms with Gasteiger partial charge in [-0.05, 0) is 49.4 Å². The van der Waals surface area contributed by atoms with E-state index in [1.807, 2.05) is 6.07 Å². The van der Waals surface area contributed by atoms with Gasteiger partial charge in [0.15, 0.2) is 6.04 Å². The van der Waals surface area contributed by atoms with E-state index in [4.69, 9.17) is 4.74 Å². The highest BCUT2D eigenvalue weighted by Gasteiger charge is 2.35. The van der Waals surface area contributed by atoms with E-state index in [0.29, 0.717) is 17.1 Å². The Morgan fingerprint density at radius 3 is 2.31 bits per heavy atom. The number of nitrogens with zero attached hydrogens (tertiary/aromatic N) is 4. The molecule has 4 rings (SSSR count). The average Bonchev–Trinajstić information content (AvgIpc) is 3.06. The minimum absolute atomic E-state index is 0.0879. The van der Waals surface area contributed by atoms with Crippen molar-refractivity contribution in [2.45, 2.75) is 17.9 Å². The lowest BCUT2D eigenvalue weighted by Crippen LogP contribution is -2.29. The third-order valence-corrected chi connectivity index (χ3v) is 5.44. The largest absolute Gasteiger partial charge is 0.456 e. The summed E-state index contributed by atoms with van der Waals surface area (Å²) in [4.78, 5) is 12.4. The summed E-state index contributed by atoms with van der Waals surface area (Å²) in [5.74, 6) is -0.201. The van der Waals surface area contributed by atoms with Crippen molar-refractivity contribution in [2.24, 2.45) is 15.3 Å². The molecule has 1 amide bonds. The number of hydrogen-bond acceptors (Lipinski definition) is 7. The molecule has 9 nitrogen and oxygen atoms in total. The molecule has 3 aromatic rings. The van der Waals surface area contributed by atoms with E-state index in [1.54, 1.807) is 61.5 Å². The molecule has 0 spiro atoms. The van der Waals surface area contributed by atoms with Crippen molar-refractivity contribution < 1.29 is 22.5 Å². The van der Waals surface area contributed by atoms with Gasteiger partial charge in [-0.3, -0.25) is 9.35 Å². The molecule has 1 aliphatic heterocycles. The molecule has 162 valence electrons. The second kappa shape index (κ2) is 8.69. The highest BCUT2D eigenvalue weighted by atomic mass is 32.2. The van der Waals surface area contributed by atoms with Crippen LogP contribution >= 0.6 is 0 Å². The summed E-state index contributed by atoms with van der Waals surface area (Å²) in [6, 6.07) is 20.4. The van der Waals surface area contributed by atoms with Gasteiger partial charge in [-0.15, -0.1) is 0 Å². The highest BCUT2D eigenvalue weighted by molar-refractivity contribution is 7.86. The number of amides is 1. The van der Waals surface area contributed by atoms with E-state index in [-0.39, 0.29) is 11.4 Å². The molecule has 1 heterocycles. The zero-order valence-corrected chi connectivity index (χ0v) is 17.7. The molecule has 32 heavy (non-hydrogen) atoms. The molecule has 0 fully saturated rings. The number of para-hydroxylation sites is 1. The van der Waals surface area contributed by atoms with E-state index in [1.165, 1.54) is 12.1 Å².